The Morgan fingerprint density at radius 2 is 1.82 bits per heavy atom. The molecule has 0 fully saturated rings. The molecule has 2 aromatic heterocycles. The summed E-state index contributed by atoms with van der Waals surface area (Å²) in [5.41, 5.74) is 9.70. The number of methoxy groups -OCH3 is 1. The highest BCUT2D eigenvalue weighted by molar-refractivity contribution is 5.96. The van der Waals surface area contributed by atoms with Crippen molar-refractivity contribution in [2.24, 2.45) is 11.7 Å². The van der Waals surface area contributed by atoms with Gasteiger partial charge in [-0.15, -0.1) is 24.8 Å². The molecule has 6 nitrogen and oxygen atoms in total. The number of Topliss-reactive ketones (excluding diaryl/α,β-unsaturated/α-hetero) is 1. The number of hydrogen-bond acceptors (Lipinski definition) is 5. The molecule has 0 radical (unpaired) electrons. The third-order valence-electron chi connectivity index (χ3n) is 4.15. The Morgan fingerprint density at radius 3 is 2.32 bits per heavy atom. The number of halogens is 2. The van der Waals surface area contributed by atoms with Crippen LogP contribution in [-0.2, 0) is 6.54 Å². The van der Waals surface area contributed by atoms with Crippen LogP contribution in [0.1, 0.15) is 29.9 Å². The smallest absolute Gasteiger partial charge is 0.213 e. The van der Waals surface area contributed by atoms with Gasteiger partial charge in [-0.25, -0.2) is 9.67 Å². The van der Waals surface area contributed by atoms with Gasteiger partial charge in [0, 0.05) is 24.1 Å². The fourth-order valence-electron chi connectivity index (χ4n) is 2.63. The molecule has 3 aromatic rings. The zero-order valence-electron chi connectivity index (χ0n) is 16.0. The highest BCUT2D eigenvalue weighted by atomic mass is 35.5. The molecule has 0 aliphatic rings. The van der Waals surface area contributed by atoms with Gasteiger partial charge >= 0.3 is 0 Å². The topological polar surface area (TPSA) is 83.0 Å². The van der Waals surface area contributed by atoms with Gasteiger partial charge in [0.05, 0.1) is 24.7 Å². The summed E-state index contributed by atoms with van der Waals surface area (Å²) in [7, 11) is 1.57. The number of pyridine rings is 1. The van der Waals surface area contributed by atoms with Crippen molar-refractivity contribution in [3.63, 3.8) is 0 Å². The van der Waals surface area contributed by atoms with Gasteiger partial charge in [0.1, 0.15) is 5.69 Å². The van der Waals surface area contributed by atoms with Crippen molar-refractivity contribution in [1.82, 2.24) is 14.8 Å². The Labute approximate surface area is 176 Å². The van der Waals surface area contributed by atoms with Crippen molar-refractivity contribution in [2.75, 3.05) is 7.11 Å². The first kappa shape index (κ1) is 23.6. The number of rotatable bonds is 6. The summed E-state index contributed by atoms with van der Waals surface area (Å²) < 4.78 is 6.85. The minimum absolute atomic E-state index is 0. The number of carbonyl (C=O) groups is 1. The molecule has 0 amide bonds. The van der Waals surface area contributed by atoms with Gasteiger partial charge in [-0.05, 0) is 17.7 Å². The largest absolute Gasteiger partial charge is 0.481 e. The van der Waals surface area contributed by atoms with Gasteiger partial charge in [-0.3, -0.25) is 4.79 Å². The van der Waals surface area contributed by atoms with Gasteiger partial charge in [-0.1, -0.05) is 38.1 Å². The molecular formula is C20H24Cl2N4O2. The fraction of sp³-hybridized carbons (Fsp3) is 0.250. The Bertz CT molecular complexity index is 842. The molecule has 0 unspecified atom stereocenters. The van der Waals surface area contributed by atoms with Crippen molar-refractivity contribution in [3.8, 4) is 22.8 Å². The number of hydrogen-bond donors (Lipinski definition) is 1. The molecule has 0 aliphatic heterocycles. The molecule has 150 valence electrons. The molecule has 0 saturated heterocycles. The SMILES string of the molecule is COc1ccc(-n2nc(C(=O)C(C)C)cc2-c2ccc(CN)cc2)cn1.Cl.Cl. The van der Waals surface area contributed by atoms with Crippen LogP contribution in [0.25, 0.3) is 16.9 Å². The van der Waals surface area contributed by atoms with Crippen LogP contribution in [0.15, 0.2) is 48.7 Å². The zero-order valence-corrected chi connectivity index (χ0v) is 17.6. The van der Waals surface area contributed by atoms with Crippen LogP contribution >= 0.6 is 24.8 Å². The Kier molecular flexibility index (Phi) is 8.63. The lowest BCUT2D eigenvalue weighted by atomic mass is 10.0. The van der Waals surface area contributed by atoms with Crippen LogP contribution in [0.3, 0.4) is 0 Å². The first-order valence-corrected chi connectivity index (χ1v) is 8.47. The first-order valence-electron chi connectivity index (χ1n) is 8.47. The normalized spacial score (nSPS) is 10.2. The second kappa shape index (κ2) is 10.2. The van der Waals surface area contributed by atoms with E-state index in [1.807, 2.05) is 50.2 Å². The molecule has 2 N–H and O–H groups in total. The predicted octanol–water partition coefficient (Wildman–Crippen LogP) is 4.08. The van der Waals surface area contributed by atoms with E-state index in [2.05, 4.69) is 10.1 Å². The quantitative estimate of drug-likeness (QED) is 0.604. The highest BCUT2D eigenvalue weighted by Gasteiger charge is 2.19. The maximum atomic E-state index is 12.4. The van der Waals surface area contributed by atoms with Crippen LogP contribution < -0.4 is 10.5 Å². The van der Waals surface area contributed by atoms with E-state index in [4.69, 9.17) is 10.5 Å². The lowest BCUT2D eigenvalue weighted by Gasteiger charge is -2.08. The predicted molar refractivity (Wildman–Crippen MR) is 115 cm³/mol. The third kappa shape index (κ3) is 4.90. The number of nitrogens with zero attached hydrogens (tertiary/aromatic N) is 3. The average molecular weight is 423 g/mol. The number of aromatic nitrogens is 3. The fourth-order valence-corrected chi connectivity index (χ4v) is 2.63. The second-order valence-corrected chi connectivity index (χ2v) is 6.31. The van der Waals surface area contributed by atoms with E-state index in [0.717, 1.165) is 22.5 Å². The summed E-state index contributed by atoms with van der Waals surface area (Å²) in [6.07, 6.45) is 1.67. The molecule has 0 atom stereocenters. The summed E-state index contributed by atoms with van der Waals surface area (Å²) in [4.78, 5) is 16.7. The maximum Gasteiger partial charge on any atom is 0.213 e. The minimum atomic E-state index is -0.125. The van der Waals surface area contributed by atoms with E-state index in [0.29, 0.717) is 18.1 Å². The number of ether oxygens (including phenoxy) is 1. The van der Waals surface area contributed by atoms with Crippen LogP contribution in [0.5, 0.6) is 5.88 Å². The molecule has 0 spiro atoms. The number of ketones is 1. The number of benzene rings is 1. The van der Waals surface area contributed by atoms with Gasteiger partial charge < -0.3 is 10.5 Å². The van der Waals surface area contributed by atoms with E-state index < -0.39 is 0 Å². The maximum absolute atomic E-state index is 12.4. The summed E-state index contributed by atoms with van der Waals surface area (Å²) in [6, 6.07) is 13.4. The third-order valence-corrected chi connectivity index (χ3v) is 4.15. The van der Waals surface area contributed by atoms with E-state index in [1.165, 1.54) is 0 Å². The van der Waals surface area contributed by atoms with Gasteiger partial charge in [-0.2, -0.15) is 5.10 Å². The molecular weight excluding hydrogens is 399 g/mol. The van der Waals surface area contributed by atoms with Crippen molar-refractivity contribution in [2.45, 2.75) is 20.4 Å². The summed E-state index contributed by atoms with van der Waals surface area (Å²) in [5, 5.41) is 4.54. The van der Waals surface area contributed by atoms with Crippen molar-refractivity contribution in [3.05, 3.63) is 59.9 Å². The monoisotopic (exact) mass is 422 g/mol. The van der Waals surface area contributed by atoms with Gasteiger partial charge in [0.25, 0.3) is 0 Å². The molecule has 8 heteroatoms. The first-order chi connectivity index (χ1) is 12.5. The Balaban J connectivity index is 0.00000196. The van der Waals surface area contributed by atoms with Gasteiger partial charge in [0.2, 0.25) is 5.88 Å². The Hall–Kier alpha value is -2.41. The number of carbonyl (C=O) groups excluding carboxylic acids is 1. The van der Waals surface area contributed by atoms with Crippen LogP contribution in [-0.4, -0.2) is 27.7 Å². The lowest BCUT2D eigenvalue weighted by Crippen LogP contribution is -2.09. The van der Waals surface area contributed by atoms with Crippen LogP contribution in [0.4, 0.5) is 0 Å². The van der Waals surface area contributed by atoms with E-state index in [1.54, 1.807) is 24.1 Å². The minimum Gasteiger partial charge on any atom is -0.481 e. The van der Waals surface area contributed by atoms with Gasteiger partial charge in [0.15, 0.2) is 5.78 Å². The summed E-state index contributed by atoms with van der Waals surface area (Å²) >= 11 is 0. The standard InChI is InChI=1S/C20H22N4O2.2ClH/c1-13(2)20(25)17-10-18(15-6-4-14(11-21)5-7-15)24(23-17)16-8-9-19(26-3)22-12-16;;/h4-10,12-13H,11,21H2,1-3H3;2*1H. The van der Waals surface area contributed by atoms with Crippen molar-refractivity contribution < 1.29 is 9.53 Å². The molecule has 0 aliphatic carbocycles. The molecule has 28 heavy (non-hydrogen) atoms. The molecule has 0 bridgehead atoms. The second-order valence-electron chi connectivity index (χ2n) is 6.31. The Morgan fingerprint density at radius 1 is 1.14 bits per heavy atom. The molecule has 0 saturated carbocycles. The molecule has 3 rings (SSSR count). The molecule has 1 aromatic carbocycles. The van der Waals surface area contributed by atoms with Crippen LogP contribution in [0.2, 0.25) is 0 Å². The van der Waals surface area contributed by atoms with Crippen molar-refractivity contribution in [1.29, 1.82) is 0 Å². The zero-order chi connectivity index (χ0) is 18.7. The van der Waals surface area contributed by atoms with E-state index >= 15 is 0 Å². The molecule has 2 heterocycles. The van der Waals surface area contributed by atoms with E-state index in [9.17, 15) is 4.79 Å². The van der Waals surface area contributed by atoms with E-state index in [-0.39, 0.29) is 36.5 Å². The van der Waals surface area contributed by atoms with Crippen LogP contribution in [0, 0.1) is 5.92 Å². The number of nitrogens with two attached hydrogens (primary N) is 1. The summed E-state index contributed by atoms with van der Waals surface area (Å²) in [5.74, 6) is 0.401. The highest BCUT2D eigenvalue weighted by Crippen LogP contribution is 2.26. The summed E-state index contributed by atoms with van der Waals surface area (Å²) in [6.45, 7) is 4.22. The van der Waals surface area contributed by atoms with Crippen molar-refractivity contribution >= 4 is 30.6 Å². The lowest BCUT2D eigenvalue weighted by molar-refractivity contribution is 0.0934. The average Bonchev–Trinajstić information content (AvgIpc) is 3.12.